The SMILES string of the molecule is CNc1nc(Nc2ccc(N3CCOCC3)cc2)cc(-c2cccnc2)n1. The van der Waals surface area contributed by atoms with Gasteiger partial charge in [0.15, 0.2) is 0 Å². The van der Waals surface area contributed by atoms with E-state index in [-0.39, 0.29) is 0 Å². The second-order valence-corrected chi connectivity index (χ2v) is 6.23. The molecule has 2 aromatic heterocycles. The first-order chi connectivity index (χ1) is 13.3. The molecule has 0 bridgehead atoms. The first-order valence-corrected chi connectivity index (χ1v) is 8.99. The van der Waals surface area contributed by atoms with Gasteiger partial charge in [-0.3, -0.25) is 4.98 Å². The maximum Gasteiger partial charge on any atom is 0.224 e. The van der Waals surface area contributed by atoms with Crippen molar-refractivity contribution >= 4 is 23.1 Å². The fourth-order valence-electron chi connectivity index (χ4n) is 3.01. The maximum absolute atomic E-state index is 5.41. The van der Waals surface area contributed by atoms with E-state index in [4.69, 9.17) is 4.74 Å². The van der Waals surface area contributed by atoms with Crippen LogP contribution in [0.4, 0.5) is 23.1 Å². The zero-order valence-electron chi connectivity index (χ0n) is 15.2. The molecule has 3 aromatic rings. The minimum atomic E-state index is 0.559. The molecule has 1 fully saturated rings. The molecule has 0 aliphatic carbocycles. The average Bonchev–Trinajstić information content (AvgIpc) is 2.75. The summed E-state index contributed by atoms with van der Waals surface area (Å²) in [6.45, 7) is 3.42. The Balaban J connectivity index is 1.55. The molecule has 1 aliphatic rings. The van der Waals surface area contributed by atoms with Gasteiger partial charge in [0.05, 0.1) is 18.9 Å². The number of hydrogen-bond acceptors (Lipinski definition) is 7. The molecule has 1 aliphatic heterocycles. The van der Waals surface area contributed by atoms with Gasteiger partial charge in [-0.1, -0.05) is 0 Å². The third-order valence-electron chi connectivity index (χ3n) is 4.42. The van der Waals surface area contributed by atoms with Gasteiger partial charge < -0.3 is 20.3 Å². The summed E-state index contributed by atoms with van der Waals surface area (Å²) in [7, 11) is 1.81. The van der Waals surface area contributed by atoms with Crippen LogP contribution in [-0.4, -0.2) is 48.3 Å². The summed E-state index contributed by atoms with van der Waals surface area (Å²) < 4.78 is 5.41. The molecule has 3 heterocycles. The molecule has 1 saturated heterocycles. The minimum absolute atomic E-state index is 0.559. The fourth-order valence-corrected chi connectivity index (χ4v) is 3.01. The Morgan fingerprint density at radius 2 is 1.85 bits per heavy atom. The Bertz CT molecular complexity index is 879. The zero-order valence-corrected chi connectivity index (χ0v) is 15.2. The average molecular weight is 362 g/mol. The molecule has 1 aromatic carbocycles. The lowest BCUT2D eigenvalue weighted by Gasteiger charge is -2.28. The first-order valence-electron chi connectivity index (χ1n) is 8.99. The van der Waals surface area contributed by atoms with E-state index < -0.39 is 0 Å². The van der Waals surface area contributed by atoms with E-state index in [2.05, 4.69) is 54.8 Å². The molecule has 7 heteroatoms. The van der Waals surface area contributed by atoms with Gasteiger partial charge in [0, 0.05) is 55.5 Å². The number of nitrogens with one attached hydrogen (secondary N) is 2. The number of morpholine rings is 1. The lowest BCUT2D eigenvalue weighted by atomic mass is 10.2. The van der Waals surface area contributed by atoms with E-state index in [0.29, 0.717) is 5.95 Å². The Morgan fingerprint density at radius 3 is 2.56 bits per heavy atom. The van der Waals surface area contributed by atoms with Crippen molar-refractivity contribution in [3.8, 4) is 11.3 Å². The number of ether oxygens (including phenoxy) is 1. The molecule has 0 spiro atoms. The highest BCUT2D eigenvalue weighted by Gasteiger charge is 2.11. The summed E-state index contributed by atoms with van der Waals surface area (Å²) in [5.74, 6) is 1.29. The van der Waals surface area contributed by atoms with Crippen molar-refractivity contribution < 1.29 is 4.74 Å². The van der Waals surface area contributed by atoms with Gasteiger partial charge in [-0.15, -0.1) is 0 Å². The minimum Gasteiger partial charge on any atom is -0.378 e. The number of aromatic nitrogens is 3. The van der Waals surface area contributed by atoms with Crippen LogP contribution < -0.4 is 15.5 Å². The predicted molar refractivity (Wildman–Crippen MR) is 108 cm³/mol. The predicted octanol–water partition coefficient (Wildman–Crippen LogP) is 3.16. The molecular formula is C20H22N6O. The Kier molecular flexibility index (Phi) is 5.11. The zero-order chi connectivity index (χ0) is 18.5. The lowest BCUT2D eigenvalue weighted by Crippen LogP contribution is -2.36. The standard InChI is InChI=1S/C20H22N6O/c1-21-20-24-18(15-3-2-8-22-14-15)13-19(25-20)23-16-4-6-17(7-5-16)26-9-11-27-12-10-26/h2-8,13-14H,9-12H2,1H3,(H2,21,23,24,25). The van der Waals surface area contributed by atoms with E-state index in [9.17, 15) is 0 Å². The van der Waals surface area contributed by atoms with Crippen LogP contribution >= 0.6 is 0 Å². The van der Waals surface area contributed by atoms with Crippen molar-refractivity contribution in [3.05, 3.63) is 54.9 Å². The topological polar surface area (TPSA) is 75.2 Å². The molecule has 0 radical (unpaired) electrons. The quantitative estimate of drug-likeness (QED) is 0.722. The molecule has 0 amide bonds. The van der Waals surface area contributed by atoms with Crippen LogP contribution in [0.2, 0.25) is 0 Å². The Morgan fingerprint density at radius 1 is 1.04 bits per heavy atom. The van der Waals surface area contributed by atoms with Crippen LogP contribution in [0.5, 0.6) is 0 Å². The smallest absolute Gasteiger partial charge is 0.224 e. The number of hydrogen-bond donors (Lipinski definition) is 2. The van der Waals surface area contributed by atoms with E-state index in [1.165, 1.54) is 5.69 Å². The van der Waals surface area contributed by atoms with Crippen LogP contribution in [0.15, 0.2) is 54.9 Å². The van der Waals surface area contributed by atoms with Crippen molar-refractivity contribution in [2.24, 2.45) is 0 Å². The maximum atomic E-state index is 5.41. The molecule has 27 heavy (non-hydrogen) atoms. The molecule has 0 saturated carbocycles. The molecule has 7 nitrogen and oxygen atoms in total. The van der Waals surface area contributed by atoms with Crippen LogP contribution in [0, 0.1) is 0 Å². The number of anilines is 4. The van der Waals surface area contributed by atoms with Crippen molar-refractivity contribution in [1.29, 1.82) is 0 Å². The summed E-state index contributed by atoms with van der Waals surface area (Å²) in [5.41, 5.74) is 3.94. The van der Waals surface area contributed by atoms with Crippen LogP contribution in [-0.2, 0) is 4.74 Å². The molecular weight excluding hydrogens is 340 g/mol. The monoisotopic (exact) mass is 362 g/mol. The van der Waals surface area contributed by atoms with Gasteiger partial charge in [-0.2, -0.15) is 4.98 Å². The first kappa shape index (κ1) is 17.2. The highest BCUT2D eigenvalue weighted by atomic mass is 16.5. The Labute approximate surface area is 158 Å². The van der Waals surface area contributed by atoms with Crippen molar-refractivity contribution in [2.45, 2.75) is 0 Å². The molecule has 2 N–H and O–H groups in total. The van der Waals surface area contributed by atoms with Gasteiger partial charge in [0.25, 0.3) is 0 Å². The number of nitrogens with zero attached hydrogens (tertiary/aromatic N) is 4. The second kappa shape index (κ2) is 8.01. The van der Waals surface area contributed by atoms with Gasteiger partial charge in [-0.05, 0) is 36.4 Å². The highest BCUT2D eigenvalue weighted by Crippen LogP contribution is 2.25. The summed E-state index contributed by atoms with van der Waals surface area (Å²) >= 11 is 0. The molecule has 0 unspecified atom stereocenters. The van der Waals surface area contributed by atoms with Crippen LogP contribution in [0.25, 0.3) is 11.3 Å². The number of benzene rings is 1. The van der Waals surface area contributed by atoms with Crippen LogP contribution in [0.1, 0.15) is 0 Å². The summed E-state index contributed by atoms with van der Waals surface area (Å²) in [4.78, 5) is 15.5. The third-order valence-corrected chi connectivity index (χ3v) is 4.42. The Hall–Kier alpha value is -3.19. The van der Waals surface area contributed by atoms with E-state index in [1.54, 1.807) is 12.4 Å². The fraction of sp³-hybridized carbons (Fsp3) is 0.250. The van der Waals surface area contributed by atoms with Gasteiger partial charge in [0.2, 0.25) is 5.95 Å². The van der Waals surface area contributed by atoms with Gasteiger partial charge in [0.1, 0.15) is 5.82 Å². The molecule has 0 atom stereocenters. The van der Waals surface area contributed by atoms with E-state index in [1.807, 2.05) is 25.2 Å². The largest absolute Gasteiger partial charge is 0.378 e. The lowest BCUT2D eigenvalue weighted by molar-refractivity contribution is 0.122. The van der Waals surface area contributed by atoms with E-state index in [0.717, 1.165) is 49.1 Å². The summed E-state index contributed by atoms with van der Waals surface area (Å²) in [6, 6.07) is 14.2. The number of pyridine rings is 1. The summed E-state index contributed by atoms with van der Waals surface area (Å²) in [5, 5.41) is 6.38. The molecule has 138 valence electrons. The molecule has 4 rings (SSSR count). The van der Waals surface area contributed by atoms with Crippen molar-refractivity contribution in [1.82, 2.24) is 15.0 Å². The van der Waals surface area contributed by atoms with Crippen molar-refractivity contribution in [3.63, 3.8) is 0 Å². The second-order valence-electron chi connectivity index (χ2n) is 6.23. The number of rotatable bonds is 5. The van der Waals surface area contributed by atoms with Crippen LogP contribution in [0.3, 0.4) is 0 Å². The third kappa shape index (κ3) is 4.15. The van der Waals surface area contributed by atoms with E-state index >= 15 is 0 Å². The van der Waals surface area contributed by atoms with Crippen molar-refractivity contribution in [2.75, 3.05) is 48.9 Å². The highest BCUT2D eigenvalue weighted by molar-refractivity contribution is 5.67. The van der Waals surface area contributed by atoms with Gasteiger partial charge in [-0.25, -0.2) is 4.98 Å². The normalized spacial score (nSPS) is 14.0. The summed E-state index contributed by atoms with van der Waals surface area (Å²) in [6.07, 6.45) is 3.54. The van der Waals surface area contributed by atoms with Gasteiger partial charge >= 0.3 is 0 Å².